The monoisotopic (exact) mass is 417 g/mol. The van der Waals surface area contributed by atoms with Crippen molar-refractivity contribution < 1.29 is 9.59 Å². The van der Waals surface area contributed by atoms with Gasteiger partial charge in [0.15, 0.2) is 0 Å². The van der Waals surface area contributed by atoms with Gasteiger partial charge in [0.2, 0.25) is 5.91 Å². The number of hydrogen-bond donors (Lipinski definition) is 2. The van der Waals surface area contributed by atoms with E-state index in [0.717, 1.165) is 28.4 Å². The molecule has 0 bridgehead atoms. The lowest BCUT2D eigenvalue weighted by Crippen LogP contribution is -2.14. The van der Waals surface area contributed by atoms with Gasteiger partial charge in [0.25, 0.3) is 5.91 Å². The summed E-state index contributed by atoms with van der Waals surface area (Å²) in [6.07, 6.45) is 1.93. The van der Waals surface area contributed by atoms with Crippen molar-refractivity contribution in [2.75, 3.05) is 10.6 Å². The number of amides is 2. The maximum atomic E-state index is 12.6. The topological polar surface area (TPSA) is 71.1 Å². The lowest BCUT2D eigenvalue weighted by atomic mass is 10.2. The van der Waals surface area contributed by atoms with Crippen molar-refractivity contribution in [1.82, 2.24) is 4.98 Å². The Morgan fingerprint density at radius 1 is 1.04 bits per heavy atom. The minimum Gasteiger partial charge on any atom is -0.326 e. The largest absolute Gasteiger partial charge is 0.326 e. The molecule has 2 amide bonds. The Balaban J connectivity index is 1.44. The third-order valence-electron chi connectivity index (χ3n) is 4.15. The normalized spacial score (nSPS) is 13.4. The molecule has 0 saturated heterocycles. The van der Waals surface area contributed by atoms with Gasteiger partial charge in [-0.15, -0.1) is 22.7 Å². The molecule has 0 unspecified atom stereocenters. The molecule has 2 heterocycles. The molecule has 1 aromatic carbocycles. The van der Waals surface area contributed by atoms with E-state index in [4.69, 9.17) is 11.6 Å². The second-order valence-electron chi connectivity index (χ2n) is 6.33. The fourth-order valence-corrected chi connectivity index (χ4v) is 4.62. The van der Waals surface area contributed by atoms with E-state index in [1.54, 1.807) is 24.3 Å². The standard InChI is InChI=1S/C19H16ClN3O2S2/c1-10-16(27-19(21-10)14-8-9-15(20)26-14)18(25)23-13-6-4-12(5-7-13)22-17(24)11-2-3-11/h4-9,11H,2-3H2,1H3,(H,22,24)(H,23,25). The first-order valence-electron chi connectivity index (χ1n) is 8.45. The minimum absolute atomic E-state index is 0.0632. The van der Waals surface area contributed by atoms with Crippen molar-refractivity contribution in [3.05, 3.63) is 51.3 Å². The summed E-state index contributed by atoms with van der Waals surface area (Å²) in [7, 11) is 0. The third-order valence-corrected chi connectivity index (χ3v) is 6.70. The molecule has 5 nitrogen and oxygen atoms in total. The van der Waals surface area contributed by atoms with Crippen molar-refractivity contribution in [1.29, 1.82) is 0 Å². The highest BCUT2D eigenvalue weighted by Gasteiger charge is 2.29. The number of thiazole rings is 1. The number of rotatable bonds is 5. The number of halogens is 1. The number of aryl methyl sites for hydroxylation is 1. The molecule has 138 valence electrons. The average Bonchev–Trinajstić information content (AvgIpc) is 3.30. The van der Waals surface area contributed by atoms with Gasteiger partial charge < -0.3 is 10.6 Å². The van der Waals surface area contributed by atoms with E-state index in [-0.39, 0.29) is 17.7 Å². The fourth-order valence-electron chi connectivity index (χ4n) is 2.56. The van der Waals surface area contributed by atoms with Crippen LogP contribution in [0.25, 0.3) is 9.88 Å². The molecule has 0 aliphatic heterocycles. The smallest absolute Gasteiger partial charge is 0.267 e. The van der Waals surface area contributed by atoms with E-state index in [1.807, 2.05) is 19.1 Å². The van der Waals surface area contributed by atoms with Crippen LogP contribution >= 0.6 is 34.3 Å². The summed E-state index contributed by atoms with van der Waals surface area (Å²) >= 11 is 8.77. The molecular weight excluding hydrogens is 402 g/mol. The lowest BCUT2D eigenvalue weighted by molar-refractivity contribution is -0.117. The summed E-state index contributed by atoms with van der Waals surface area (Å²) < 4.78 is 0.692. The van der Waals surface area contributed by atoms with E-state index < -0.39 is 0 Å². The Morgan fingerprint density at radius 2 is 1.70 bits per heavy atom. The Morgan fingerprint density at radius 3 is 2.30 bits per heavy atom. The number of benzene rings is 1. The van der Waals surface area contributed by atoms with Gasteiger partial charge in [0, 0.05) is 17.3 Å². The highest BCUT2D eigenvalue weighted by atomic mass is 35.5. The Labute approximate surface area is 169 Å². The quantitative estimate of drug-likeness (QED) is 0.581. The van der Waals surface area contributed by atoms with Crippen LogP contribution in [0, 0.1) is 12.8 Å². The maximum Gasteiger partial charge on any atom is 0.267 e. The molecule has 1 fully saturated rings. The Bertz CT molecular complexity index is 1010. The number of aromatic nitrogens is 1. The van der Waals surface area contributed by atoms with Gasteiger partial charge in [0.1, 0.15) is 9.88 Å². The van der Waals surface area contributed by atoms with Crippen LogP contribution in [0.15, 0.2) is 36.4 Å². The van der Waals surface area contributed by atoms with Gasteiger partial charge in [0.05, 0.1) is 14.9 Å². The zero-order valence-electron chi connectivity index (χ0n) is 14.4. The van der Waals surface area contributed by atoms with Gasteiger partial charge in [-0.05, 0) is 56.2 Å². The molecular formula is C19H16ClN3O2S2. The number of thiophene rings is 1. The molecule has 1 aliphatic carbocycles. The van der Waals surface area contributed by atoms with Crippen molar-refractivity contribution in [2.45, 2.75) is 19.8 Å². The van der Waals surface area contributed by atoms with Crippen molar-refractivity contribution in [3.63, 3.8) is 0 Å². The molecule has 4 rings (SSSR count). The van der Waals surface area contributed by atoms with Gasteiger partial charge in [-0.25, -0.2) is 4.98 Å². The molecule has 0 radical (unpaired) electrons. The van der Waals surface area contributed by atoms with Crippen LogP contribution in [0.1, 0.15) is 28.2 Å². The number of nitrogens with zero attached hydrogens (tertiary/aromatic N) is 1. The van der Waals surface area contributed by atoms with Gasteiger partial charge in [-0.1, -0.05) is 11.6 Å². The van der Waals surface area contributed by atoms with E-state index in [1.165, 1.54) is 22.7 Å². The highest BCUT2D eigenvalue weighted by molar-refractivity contribution is 7.24. The number of hydrogen-bond acceptors (Lipinski definition) is 5. The summed E-state index contributed by atoms with van der Waals surface area (Å²) in [5.74, 6) is 0.0213. The van der Waals surface area contributed by atoms with Crippen LogP contribution in [0.3, 0.4) is 0 Å². The lowest BCUT2D eigenvalue weighted by Gasteiger charge is -2.07. The number of anilines is 2. The average molecular weight is 418 g/mol. The molecule has 1 saturated carbocycles. The summed E-state index contributed by atoms with van der Waals surface area (Å²) in [6.45, 7) is 1.82. The van der Waals surface area contributed by atoms with Crippen LogP contribution < -0.4 is 10.6 Å². The van der Waals surface area contributed by atoms with Crippen LogP contribution in [-0.2, 0) is 4.79 Å². The van der Waals surface area contributed by atoms with Crippen LogP contribution in [0.2, 0.25) is 4.34 Å². The molecule has 0 atom stereocenters. The molecule has 0 spiro atoms. The van der Waals surface area contributed by atoms with Gasteiger partial charge >= 0.3 is 0 Å². The Kier molecular flexibility index (Phi) is 4.99. The Hall–Kier alpha value is -2.22. The third kappa shape index (κ3) is 4.21. The van der Waals surface area contributed by atoms with Crippen LogP contribution in [0.5, 0.6) is 0 Å². The number of nitrogens with one attached hydrogen (secondary N) is 2. The second-order valence-corrected chi connectivity index (χ2v) is 9.05. The molecule has 27 heavy (non-hydrogen) atoms. The first-order valence-corrected chi connectivity index (χ1v) is 10.5. The van der Waals surface area contributed by atoms with Crippen molar-refractivity contribution in [3.8, 4) is 9.88 Å². The fraction of sp³-hybridized carbons (Fsp3) is 0.211. The SMILES string of the molecule is Cc1nc(-c2ccc(Cl)s2)sc1C(=O)Nc1ccc(NC(=O)C2CC2)cc1. The molecule has 3 aromatic rings. The zero-order chi connectivity index (χ0) is 19.0. The molecule has 8 heteroatoms. The number of carbonyl (C=O) groups is 2. The van der Waals surface area contributed by atoms with Crippen molar-refractivity contribution >= 4 is 57.5 Å². The molecule has 1 aliphatic rings. The minimum atomic E-state index is -0.200. The van der Waals surface area contributed by atoms with Crippen LogP contribution in [0.4, 0.5) is 11.4 Å². The van der Waals surface area contributed by atoms with E-state index >= 15 is 0 Å². The second kappa shape index (κ2) is 7.42. The first-order chi connectivity index (χ1) is 13.0. The van der Waals surface area contributed by atoms with E-state index in [9.17, 15) is 9.59 Å². The summed E-state index contributed by atoms with van der Waals surface area (Å²) in [5, 5.41) is 6.55. The summed E-state index contributed by atoms with van der Waals surface area (Å²) in [5.41, 5.74) is 2.08. The van der Waals surface area contributed by atoms with E-state index in [0.29, 0.717) is 20.6 Å². The number of carbonyl (C=O) groups excluding carboxylic acids is 2. The highest BCUT2D eigenvalue weighted by Crippen LogP contribution is 2.35. The molecule has 2 aromatic heterocycles. The summed E-state index contributed by atoms with van der Waals surface area (Å²) in [4.78, 5) is 30.4. The first kappa shape index (κ1) is 18.2. The molecule has 2 N–H and O–H groups in total. The zero-order valence-corrected chi connectivity index (χ0v) is 16.8. The summed E-state index contributed by atoms with van der Waals surface area (Å²) in [6, 6.07) is 10.8. The predicted octanol–water partition coefficient (Wildman–Crippen LogP) is 5.43. The maximum absolute atomic E-state index is 12.6. The van der Waals surface area contributed by atoms with Gasteiger partial charge in [-0.2, -0.15) is 0 Å². The predicted molar refractivity (Wildman–Crippen MR) is 111 cm³/mol. The van der Waals surface area contributed by atoms with Gasteiger partial charge in [-0.3, -0.25) is 9.59 Å². The van der Waals surface area contributed by atoms with E-state index in [2.05, 4.69) is 15.6 Å². The van der Waals surface area contributed by atoms with Crippen LogP contribution in [-0.4, -0.2) is 16.8 Å². The van der Waals surface area contributed by atoms with Crippen molar-refractivity contribution in [2.24, 2.45) is 5.92 Å².